The number of hydrogen-bond acceptors (Lipinski definition) is 5. The summed E-state index contributed by atoms with van der Waals surface area (Å²) in [6.07, 6.45) is 1.88. The maximum absolute atomic E-state index is 14.3. The maximum Gasteiger partial charge on any atom is 0.257 e. The van der Waals surface area contributed by atoms with Crippen LogP contribution in [-0.4, -0.2) is 36.1 Å². The van der Waals surface area contributed by atoms with Crippen molar-refractivity contribution in [2.45, 2.75) is 25.4 Å². The first-order chi connectivity index (χ1) is 17.0. The van der Waals surface area contributed by atoms with E-state index in [0.29, 0.717) is 39.0 Å². The number of hydrogen-bond donors (Lipinski definition) is 2. The van der Waals surface area contributed by atoms with Crippen LogP contribution in [0.3, 0.4) is 0 Å². The Morgan fingerprint density at radius 1 is 1.00 bits per heavy atom. The zero-order chi connectivity index (χ0) is 24.4. The summed E-state index contributed by atoms with van der Waals surface area (Å²) in [4.78, 5) is 27.8. The second kappa shape index (κ2) is 9.93. The third-order valence-electron chi connectivity index (χ3n) is 5.91. The molecule has 3 aromatic rings. The van der Waals surface area contributed by atoms with E-state index in [1.54, 1.807) is 54.6 Å². The van der Waals surface area contributed by atoms with Gasteiger partial charge in [-0.3, -0.25) is 14.5 Å². The fourth-order valence-electron chi connectivity index (χ4n) is 3.98. The molecule has 9 heteroatoms. The molecule has 2 aliphatic rings. The summed E-state index contributed by atoms with van der Waals surface area (Å²) in [5.41, 5.74) is 1.61. The Kier molecular flexibility index (Phi) is 6.57. The molecule has 35 heavy (non-hydrogen) atoms. The van der Waals surface area contributed by atoms with Crippen LogP contribution in [0.25, 0.3) is 0 Å². The number of carbonyl (C=O) groups excluding carboxylic acids is 2. The lowest BCUT2D eigenvalue weighted by Crippen LogP contribution is -2.35. The Morgan fingerprint density at radius 2 is 1.80 bits per heavy atom. The van der Waals surface area contributed by atoms with Crippen molar-refractivity contribution in [1.29, 1.82) is 0 Å². The van der Waals surface area contributed by atoms with Crippen molar-refractivity contribution >= 4 is 34.8 Å². The van der Waals surface area contributed by atoms with Crippen molar-refractivity contribution in [3.8, 4) is 11.5 Å². The molecule has 0 atom stereocenters. The van der Waals surface area contributed by atoms with Gasteiger partial charge in [0.2, 0.25) is 12.7 Å². The number of amides is 2. The number of fused-ring (bicyclic) bond motifs is 1. The molecule has 1 aliphatic carbocycles. The van der Waals surface area contributed by atoms with Crippen LogP contribution in [0.4, 0.5) is 15.8 Å². The SMILES string of the molecule is O=C(CN(Cc1c(F)cccc1Cl)C1CC1)Nc1ccccc1C(=O)Nc1ccc2c(c1)OCO2. The van der Waals surface area contributed by atoms with E-state index < -0.39 is 5.82 Å². The fraction of sp³-hybridized carbons (Fsp3) is 0.231. The standard InChI is InChI=1S/C26H23ClFN3O4/c27-20-5-3-6-21(28)19(20)13-31(17-9-10-17)14-25(32)30-22-7-2-1-4-18(22)26(33)29-16-8-11-23-24(12-16)35-15-34-23/h1-8,11-12,17H,9-10,13-15H2,(H,29,33)(H,30,32). The molecule has 0 radical (unpaired) electrons. The molecule has 0 saturated heterocycles. The van der Waals surface area contributed by atoms with E-state index >= 15 is 0 Å². The minimum absolute atomic E-state index is 0.0491. The number of halogens is 2. The van der Waals surface area contributed by atoms with Crippen LogP contribution < -0.4 is 20.1 Å². The minimum atomic E-state index is -0.394. The lowest BCUT2D eigenvalue weighted by molar-refractivity contribution is -0.117. The van der Waals surface area contributed by atoms with Crippen LogP contribution in [-0.2, 0) is 11.3 Å². The first-order valence-electron chi connectivity index (χ1n) is 11.2. The molecule has 0 aromatic heterocycles. The normalized spacial score (nSPS) is 14.1. The Morgan fingerprint density at radius 3 is 2.60 bits per heavy atom. The van der Waals surface area contributed by atoms with Crippen molar-refractivity contribution in [2.75, 3.05) is 24.0 Å². The zero-order valence-electron chi connectivity index (χ0n) is 18.7. The Balaban J connectivity index is 1.27. The average Bonchev–Trinajstić information content (AvgIpc) is 3.58. The fourth-order valence-corrected chi connectivity index (χ4v) is 4.20. The Labute approximate surface area is 206 Å². The number of benzene rings is 3. The number of rotatable bonds is 8. The number of nitrogens with zero attached hydrogens (tertiary/aromatic N) is 1. The molecule has 1 fully saturated rings. The van der Waals surface area contributed by atoms with E-state index in [-0.39, 0.29) is 37.7 Å². The summed E-state index contributed by atoms with van der Waals surface area (Å²) >= 11 is 6.19. The summed E-state index contributed by atoms with van der Waals surface area (Å²) < 4.78 is 25.0. The van der Waals surface area contributed by atoms with Crippen molar-refractivity contribution in [3.63, 3.8) is 0 Å². The topological polar surface area (TPSA) is 79.9 Å². The van der Waals surface area contributed by atoms with E-state index in [2.05, 4.69) is 10.6 Å². The van der Waals surface area contributed by atoms with Gasteiger partial charge in [0.15, 0.2) is 11.5 Å². The van der Waals surface area contributed by atoms with E-state index in [0.717, 1.165) is 12.8 Å². The quantitative estimate of drug-likeness (QED) is 0.456. The third-order valence-corrected chi connectivity index (χ3v) is 6.26. The van der Waals surface area contributed by atoms with Crippen LogP contribution in [0.2, 0.25) is 5.02 Å². The van der Waals surface area contributed by atoms with Gasteiger partial charge in [-0.15, -0.1) is 0 Å². The van der Waals surface area contributed by atoms with Crippen LogP contribution >= 0.6 is 11.6 Å². The van der Waals surface area contributed by atoms with Gasteiger partial charge in [-0.25, -0.2) is 4.39 Å². The Hall–Kier alpha value is -3.62. The van der Waals surface area contributed by atoms with Crippen LogP contribution in [0.1, 0.15) is 28.8 Å². The summed E-state index contributed by atoms with van der Waals surface area (Å²) in [7, 11) is 0. The van der Waals surface area contributed by atoms with Gasteiger partial charge in [-0.2, -0.15) is 0 Å². The largest absolute Gasteiger partial charge is 0.454 e. The predicted molar refractivity (Wildman–Crippen MR) is 130 cm³/mol. The molecule has 0 unspecified atom stereocenters. The molecule has 5 rings (SSSR count). The van der Waals surface area contributed by atoms with Gasteiger partial charge < -0.3 is 20.1 Å². The average molecular weight is 496 g/mol. The molecule has 3 aromatic carbocycles. The predicted octanol–water partition coefficient (Wildman–Crippen LogP) is 5.06. The molecule has 1 aliphatic heterocycles. The first-order valence-corrected chi connectivity index (χ1v) is 11.6. The first kappa shape index (κ1) is 23.1. The third kappa shape index (κ3) is 5.39. The van der Waals surface area contributed by atoms with E-state index in [9.17, 15) is 14.0 Å². The van der Waals surface area contributed by atoms with Gasteiger partial charge in [0, 0.05) is 34.9 Å². The second-order valence-electron chi connectivity index (χ2n) is 8.45. The van der Waals surface area contributed by atoms with E-state index in [1.165, 1.54) is 6.07 Å². The monoisotopic (exact) mass is 495 g/mol. The van der Waals surface area contributed by atoms with E-state index in [4.69, 9.17) is 21.1 Å². The van der Waals surface area contributed by atoms with Gasteiger partial charge in [0.05, 0.1) is 17.8 Å². The number of anilines is 2. The minimum Gasteiger partial charge on any atom is -0.454 e. The molecule has 0 spiro atoms. The highest BCUT2D eigenvalue weighted by Gasteiger charge is 2.31. The van der Waals surface area contributed by atoms with Gasteiger partial charge in [-0.05, 0) is 49.2 Å². The van der Waals surface area contributed by atoms with Gasteiger partial charge in [0.25, 0.3) is 5.91 Å². The highest BCUT2D eigenvalue weighted by Crippen LogP contribution is 2.34. The highest BCUT2D eigenvalue weighted by atomic mass is 35.5. The summed E-state index contributed by atoms with van der Waals surface area (Å²) in [5, 5.41) is 5.99. The molecule has 0 bridgehead atoms. The summed E-state index contributed by atoms with van der Waals surface area (Å²) in [6, 6.07) is 16.6. The van der Waals surface area contributed by atoms with Crippen molar-refractivity contribution in [1.82, 2.24) is 4.90 Å². The van der Waals surface area contributed by atoms with Gasteiger partial charge >= 0.3 is 0 Å². The molecule has 1 heterocycles. The van der Waals surface area contributed by atoms with Crippen LogP contribution in [0, 0.1) is 5.82 Å². The van der Waals surface area contributed by atoms with E-state index in [1.807, 2.05) is 4.90 Å². The molecule has 2 N–H and O–H groups in total. The van der Waals surface area contributed by atoms with Crippen molar-refractivity contribution in [3.05, 3.63) is 82.6 Å². The zero-order valence-corrected chi connectivity index (χ0v) is 19.5. The molecular weight excluding hydrogens is 473 g/mol. The van der Waals surface area contributed by atoms with Crippen molar-refractivity contribution in [2.24, 2.45) is 0 Å². The van der Waals surface area contributed by atoms with Crippen LogP contribution in [0.5, 0.6) is 11.5 Å². The number of ether oxygens (including phenoxy) is 2. The smallest absolute Gasteiger partial charge is 0.257 e. The molecule has 1 saturated carbocycles. The maximum atomic E-state index is 14.3. The number of para-hydroxylation sites is 1. The Bertz CT molecular complexity index is 1260. The summed E-state index contributed by atoms with van der Waals surface area (Å²) in [5.74, 6) is 0.103. The second-order valence-corrected chi connectivity index (χ2v) is 8.86. The molecule has 7 nitrogen and oxygen atoms in total. The van der Waals surface area contributed by atoms with Gasteiger partial charge in [-0.1, -0.05) is 29.8 Å². The number of carbonyl (C=O) groups is 2. The lowest BCUT2D eigenvalue weighted by atomic mass is 10.1. The molecule has 2 amide bonds. The van der Waals surface area contributed by atoms with Crippen molar-refractivity contribution < 1.29 is 23.5 Å². The molecular formula is C26H23ClFN3O4. The molecule has 180 valence electrons. The number of nitrogens with one attached hydrogen (secondary N) is 2. The van der Waals surface area contributed by atoms with Crippen LogP contribution in [0.15, 0.2) is 60.7 Å². The lowest BCUT2D eigenvalue weighted by Gasteiger charge is -2.22. The van der Waals surface area contributed by atoms with Gasteiger partial charge in [0.1, 0.15) is 5.82 Å². The highest BCUT2D eigenvalue weighted by molar-refractivity contribution is 6.31. The summed E-state index contributed by atoms with van der Waals surface area (Å²) in [6.45, 7) is 0.422.